The predicted molar refractivity (Wildman–Crippen MR) is 119 cm³/mol. The van der Waals surface area contributed by atoms with Crippen LogP contribution in [0.5, 0.6) is 0 Å². The summed E-state index contributed by atoms with van der Waals surface area (Å²) in [6.45, 7) is 0.847. The molecule has 1 aromatic carbocycles. The molecule has 4 aromatic rings. The minimum atomic E-state index is -0.110. The molecule has 1 fully saturated rings. The SMILES string of the molecule is O=C(Nc1nc(Cc2ccccc2)cs1)c1cccn1C[C@H]1C[C@@H]1c1ccncc1. The Labute approximate surface area is 179 Å². The Morgan fingerprint density at radius 2 is 1.93 bits per heavy atom. The van der Waals surface area contributed by atoms with E-state index in [2.05, 4.69) is 44.1 Å². The quantitative estimate of drug-likeness (QED) is 0.464. The van der Waals surface area contributed by atoms with E-state index in [1.807, 2.05) is 54.3 Å². The zero-order valence-corrected chi connectivity index (χ0v) is 17.3. The van der Waals surface area contributed by atoms with Crippen LogP contribution >= 0.6 is 11.3 Å². The zero-order valence-electron chi connectivity index (χ0n) is 16.4. The van der Waals surface area contributed by atoms with Crippen molar-refractivity contribution in [2.45, 2.75) is 25.3 Å². The highest BCUT2D eigenvalue weighted by atomic mass is 32.1. The van der Waals surface area contributed by atoms with E-state index in [9.17, 15) is 4.79 Å². The van der Waals surface area contributed by atoms with Gasteiger partial charge in [0.1, 0.15) is 5.69 Å². The summed E-state index contributed by atoms with van der Waals surface area (Å²) in [6.07, 6.45) is 7.60. The first-order valence-corrected chi connectivity index (χ1v) is 11.0. The van der Waals surface area contributed by atoms with E-state index in [1.54, 1.807) is 0 Å². The van der Waals surface area contributed by atoms with Crippen molar-refractivity contribution in [2.75, 3.05) is 5.32 Å². The largest absolute Gasteiger partial charge is 0.343 e. The molecule has 2 atom stereocenters. The normalized spacial score (nSPS) is 17.6. The van der Waals surface area contributed by atoms with E-state index in [0.717, 1.165) is 25.1 Å². The average molecular weight is 415 g/mol. The number of amides is 1. The molecular weight excluding hydrogens is 392 g/mol. The number of hydrogen-bond donors (Lipinski definition) is 1. The zero-order chi connectivity index (χ0) is 20.3. The van der Waals surface area contributed by atoms with E-state index in [1.165, 1.54) is 22.5 Å². The Hall–Kier alpha value is -3.25. The third-order valence-electron chi connectivity index (χ3n) is 5.55. The summed E-state index contributed by atoms with van der Waals surface area (Å²) in [4.78, 5) is 21.5. The van der Waals surface area contributed by atoms with Gasteiger partial charge in [-0.3, -0.25) is 15.1 Å². The van der Waals surface area contributed by atoms with Crippen molar-refractivity contribution in [1.82, 2.24) is 14.5 Å². The second kappa shape index (κ2) is 8.24. The lowest BCUT2D eigenvalue weighted by atomic mass is 10.1. The van der Waals surface area contributed by atoms with Crippen LogP contribution in [-0.4, -0.2) is 20.4 Å². The molecule has 3 heterocycles. The molecule has 1 aliphatic carbocycles. The molecule has 1 aliphatic rings. The molecule has 1 N–H and O–H groups in total. The topological polar surface area (TPSA) is 59.8 Å². The van der Waals surface area contributed by atoms with Crippen LogP contribution in [0.25, 0.3) is 0 Å². The number of pyridine rings is 1. The maximum absolute atomic E-state index is 12.8. The van der Waals surface area contributed by atoms with Gasteiger partial charge in [0.25, 0.3) is 5.91 Å². The van der Waals surface area contributed by atoms with Crippen molar-refractivity contribution in [3.63, 3.8) is 0 Å². The standard InChI is InChI=1S/C24H22N4OS/c29-23(27-24-26-20(16-30-24)13-17-5-2-1-3-6-17)22-7-4-12-28(22)15-19-14-21(19)18-8-10-25-11-9-18/h1-12,16,19,21H,13-15H2,(H,26,27,29)/t19-,21-/m1/s1. The Bertz CT molecular complexity index is 1140. The van der Waals surface area contributed by atoms with Crippen molar-refractivity contribution in [1.29, 1.82) is 0 Å². The molecule has 1 saturated carbocycles. The van der Waals surface area contributed by atoms with Gasteiger partial charge in [-0.1, -0.05) is 30.3 Å². The Balaban J connectivity index is 1.21. The summed E-state index contributed by atoms with van der Waals surface area (Å²) >= 11 is 1.47. The van der Waals surface area contributed by atoms with Gasteiger partial charge in [-0.15, -0.1) is 11.3 Å². The maximum Gasteiger partial charge on any atom is 0.274 e. The van der Waals surface area contributed by atoms with E-state index in [4.69, 9.17) is 0 Å². The second-order valence-corrected chi connectivity index (χ2v) is 8.55. The molecule has 0 aliphatic heterocycles. The summed E-state index contributed by atoms with van der Waals surface area (Å²) < 4.78 is 2.06. The molecule has 0 radical (unpaired) electrons. The molecule has 0 unspecified atom stereocenters. The number of hydrogen-bond acceptors (Lipinski definition) is 4. The highest BCUT2D eigenvalue weighted by Crippen LogP contribution is 2.48. The first kappa shape index (κ1) is 18.8. The lowest BCUT2D eigenvalue weighted by Crippen LogP contribution is -2.17. The highest BCUT2D eigenvalue weighted by molar-refractivity contribution is 7.14. The average Bonchev–Trinajstić information content (AvgIpc) is 3.15. The minimum Gasteiger partial charge on any atom is -0.343 e. The van der Waals surface area contributed by atoms with Crippen LogP contribution in [-0.2, 0) is 13.0 Å². The lowest BCUT2D eigenvalue weighted by Gasteiger charge is -2.09. The molecule has 0 spiro atoms. The molecule has 5 rings (SSSR count). The van der Waals surface area contributed by atoms with Gasteiger partial charge in [0.15, 0.2) is 5.13 Å². The number of rotatable bonds is 7. The van der Waals surface area contributed by atoms with Crippen LogP contribution in [0.2, 0.25) is 0 Å². The third kappa shape index (κ3) is 4.19. The molecule has 5 nitrogen and oxygen atoms in total. The van der Waals surface area contributed by atoms with Gasteiger partial charge in [-0.05, 0) is 53.6 Å². The van der Waals surface area contributed by atoms with Crippen LogP contribution < -0.4 is 5.32 Å². The molecule has 0 saturated heterocycles. The predicted octanol–water partition coefficient (Wildman–Crippen LogP) is 4.99. The fraction of sp³-hybridized carbons (Fsp3) is 0.208. The van der Waals surface area contributed by atoms with Crippen molar-refractivity contribution < 1.29 is 4.79 Å². The van der Waals surface area contributed by atoms with Gasteiger partial charge in [0.2, 0.25) is 0 Å². The smallest absolute Gasteiger partial charge is 0.274 e. The first-order chi connectivity index (χ1) is 14.8. The Kier molecular flexibility index (Phi) is 5.15. The van der Waals surface area contributed by atoms with Crippen LogP contribution in [0.4, 0.5) is 5.13 Å². The first-order valence-electron chi connectivity index (χ1n) is 10.1. The highest BCUT2D eigenvalue weighted by Gasteiger charge is 2.38. The van der Waals surface area contributed by atoms with Gasteiger partial charge in [0.05, 0.1) is 5.69 Å². The summed E-state index contributed by atoms with van der Waals surface area (Å²) in [5.41, 5.74) is 4.19. The number of carbonyl (C=O) groups is 1. The van der Waals surface area contributed by atoms with Gasteiger partial charge in [-0.2, -0.15) is 0 Å². The van der Waals surface area contributed by atoms with E-state index >= 15 is 0 Å². The number of anilines is 1. The fourth-order valence-corrected chi connectivity index (χ4v) is 4.62. The van der Waals surface area contributed by atoms with Crippen molar-refractivity contribution in [2.24, 2.45) is 5.92 Å². The van der Waals surface area contributed by atoms with Crippen LogP contribution in [0.1, 0.15) is 39.6 Å². The molecule has 3 aromatic heterocycles. The molecular formula is C24H22N4OS. The van der Waals surface area contributed by atoms with E-state index < -0.39 is 0 Å². The van der Waals surface area contributed by atoms with Crippen molar-refractivity contribution in [3.05, 3.63) is 101 Å². The molecule has 150 valence electrons. The fourth-order valence-electron chi connectivity index (χ4n) is 3.91. The Morgan fingerprint density at radius 1 is 1.10 bits per heavy atom. The number of carbonyl (C=O) groups excluding carboxylic acids is 1. The maximum atomic E-state index is 12.8. The number of nitrogens with zero attached hydrogens (tertiary/aromatic N) is 3. The summed E-state index contributed by atoms with van der Waals surface area (Å²) in [5, 5.41) is 5.61. The summed E-state index contributed by atoms with van der Waals surface area (Å²) in [5.74, 6) is 1.01. The van der Waals surface area contributed by atoms with Gasteiger partial charge in [-0.25, -0.2) is 4.98 Å². The number of nitrogens with one attached hydrogen (secondary N) is 1. The Morgan fingerprint density at radius 3 is 2.77 bits per heavy atom. The van der Waals surface area contributed by atoms with Crippen LogP contribution in [0.15, 0.2) is 78.6 Å². The van der Waals surface area contributed by atoms with Crippen molar-refractivity contribution >= 4 is 22.4 Å². The van der Waals surface area contributed by atoms with E-state index in [-0.39, 0.29) is 5.91 Å². The van der Waals surface area contributed by atoms with Gasteiger partial charge in [0, 0.05) is 36.9 Å². The number of aromatic nitrogens is 3. The number of thiazole rings is 1. The second-order valence-electron chi connectivity index (χ2n) is 7.69. The number of benzene rings is 1. The van der Waals surface area contributed by atoms with Crippen LogP contribution in [0.3, 0.4) is 0 Å². The molecule has 30 heavy (non-hydrogen) atoms. The molecule has 1 amide bonds. The van der Waals surface area contributed by atoms with E-state index in [0.29, 0.717) is 22.7 Å². The monoisotopic (exact) mass is 414 g/mol. The molecule has 0 bridgehead atoms. The summed E-state index contributed by atoms with van der Waals surface area (Å²) in [7, 11) is 0. The van der Waals surface area contributed by atoms with Gasteiger partial charge < -0.3 is 4.57 Å². The third-order valence-corrected chi connectivity index (χ3v) is 6.36. The summed E-state index contributed by atoms with van der Waals surface area (Å²) in [6, 6.07) is 18.2. The van der Waals surface area contributed by atoms with Gasteiger partial charge >= 0.3 is 0 Å². The molecule has 6 heteroatoms. The minimum absolute atomic E-state index is 0.110. The van der Waals surface area contributed by atoms with Crippen LogP contribution in [0, 0.1) is 5.92 Å². The van der Waals surface area contributed by atoms with Crippen molar-refractivity contribution in [3.8, 4) is 0 Å². The lowest BCUT2D eigenvalue weighted by molar-refractivity contribution is 0.101.